The van der Waals surface area contributed by atoms with Gasteiger partial charge >= 0.3 is 23.5 Å². The van der Waals surface area contributed by atoms with E-state index in [1.165, 1.54) is 19.2 Å². The van der Waals surface area contributed by atoms with Crippen molar-refractivity contribution < 1.29 is 70.6 Å². The van der Waals surface area contributed by atoms with Crippen molar-refractivity contribution >= 4 is 41.0 Å². The lowest BCUT2D eigenvalue weighted by molar-refractivity contribution is -0.121. The summed E-state index contributed by atoms with van der Waals surface area (Å²) in [5.74, 6) is -0.480. The number of carbonyl (C=O) groups is 2. The number of ether oxygens (including phenoxy) is 2. The number of aliphatic hydroxyl groups excluding tert-OH is 1. The number of unbranched alkanes of at least 4 members (excludes halogenated alkanes) is 1. The third-order valence-electron chi connectivity index (χ3n) is 5.19. The molecule has 1 fully saturated rings. The fourth-order valence-corrected chi connectivity index (χ4v) is 6.44. The first kappa shape index (κ1) is 36.2. The van der Waals surface area contributed by atoms with Gasteiger partial charge in [-0.25, -0.2) is 13.7 Å². The molecule has 2 heterocycles. The number of nitrogens with zero attached hydrogens (tertiary/aromatic N) is 1. The molecule has 23 heteroatoms. The van der Waals surface area contributed by atoms with E-state index in [0.717, 1.165) is 10.6 Å². The second-order valence-electron chi connectivity index (χ2n) is 8.71. The lowest BCUT2D eigenvalue weighted by atomic mass is 10.2. The molecule has 1 saturated heterocycles. The largest absolute Gasteiger partial charge is 0.490 e. The van der Waals surface area contributed by atoms with Gasteiger partial charge < -0.3 is 39.5 Å². The highest BCUT2D eigenvalue weighted by atomic mass is 31.3. The van der Waals surface area contributed by atoms with Gasteiger partial charge in [0, 0.05) is 45.2 Å². The summed E-state index contributed by atoms with van der Waals surface area (Å²) in [4.78, 5) is 71.1. The van der Waals surface area contributed by atoms with E-state index in [1.807, 2.05) is 0 Å². The molecule has 0 aliphatic carbocycles. The van der Waals surface area contributed by atoms with Crippen LogP contribution in [0.25, 0.3) is 0 Å². The summed E-state index contributed by atoms with van der Waals surface area (Å²) in [6.45, 7) is 1.72. The van der Waals surface area contributed by atoms with Gasteiger partial charge in [0.2, 0.25) is 11.8 Å². The predicted molar refractivity (Wildman–Crippen MR) is 140 cm³/mol. The van der Waals surface area contributed by atoms with Crippen LogP contribution >= 0.6 is 23.5 Å². The van der Waals surface area contributed by atoms with Gasteiger partial charge in [-0.3, -0.25) is 34.3 Å². The quantitative estimate of drug-likeness (QED) is 0.0562. The van der Waals surface area contributed by atoms with Gasteiger partial charge in [-0.1, -0.05) is 0 Å². The molecule has 8 N–H and O–H groups in total. The number of pyridine rings is 1. The van der Waals surface area contributed by atoms with Crippen LogP contribution in [-0.4, -0.2) is 79.6 Å². The summed E-state index contributed by atoms with van der Waals surface area (Å²) >= 11 is 0. The molecule has 1 aliphatic heterocycles. The molecule has 42 heavy (non-hydrogen) atoms. The Morgan fingerprint density at radius 2 is 1.81 bits per heavy atom. The monoisotopic (exact) mass is 666 g/mol. The van der Waals surface area contributed by atoms with E-state index in [4.69, 9.17) is 19.3 Å². The van der Waals surface area contributed by atoms with Crippen LogP contribution in [0.3, 0.4) is 0 Å². The van der Waals surface area contributed by atoms with Crippen molar-refractivity contribution in [3.8, 4) is 0 Å². The summed E-state index contributed by atoms with van der Waals surface area (Å²) in [7, 11) is -16.7. The number of aromatic nitrogens is 1. The Morgan fingerprint density at radius 3 is 2.45 bits per heavy atom. The zero-order chi connectivity index (χ0) is 31.6. The number of nitrogens with one attached hydrogen (secondary N) is 3. The van der Waals surface area contributed by atoms with Crippen molar-refractivity contribution in [2.24, 2.45) is 0 Å². The van der Waals surface area contributed by atoms with Gasteiger partial charge in [0.05, 0.1) is 25.0 Å². The second kappa shape index (κ2) is 16.2. The lowest BCUT2D eigenvalue weighted by Crippen LogP contribution is -2.31. The minimum absolute atomic E-state index is 0.145. The normalized spacial score (nSPS) is 21.7. The summed E-state index contributed by atoms with van der Waals surface area (Å²) in [5.41, 5.74) is 4.69. The van der Waals surface area contributed by atoms with E-state index in [1.54, 1.807) is 0 Å². The molecule has 0 spiro atoms. The number of amides is 2. The fraction of sp³-hybridized carbons (Fsp3) is 0.632. The predicted octanol–water partition coefficient (Wildman–Crippen LogP) is -0.394. The topological polar surface area (TPSA) is 291 Å². The number of phosphoric acid groups is 3. The molecule has 20 nitrogen and oxygen atoms in total. The Bertz CT molecular complexity index is 1270. The fourth-order valence-electron chi connectivity index (χ4n) is 3.41. The van der Waals surface area contributed by atoms with E-state index >= 15 is 0 Å². The van der Waals surface area contributed by atoms with Crippen LogP contribution in [0, 0.1) is 0 Å². The maximum atomic E-state index is 12.6. The molecular weight excluding hydrogens is 633 g/mol. The zero-order valence-electron chi connectivity index (χ0n) is 22.1. The molecule has 1 aliphatic rings. The maximum absolute atomic E-state index is 12.6. The third kappa shape index (κ3) is 14.0. The number of aliphatic hydroxyl groups is 1. The van der Waals surface area contributed by atoms with Crippen molar-refractivity contribution in [3.05, 3.63) is 28.7 Å². The van der Waals surface area contributed by atoms with Crippen molar-refractivity contribution in [1.29, 1.82) is 0 Å². The highest BCUT2D eigenvalue weighted by Crippen LogP contribution is 2.66. The highest BCUT2D eigenvalue weighted by molar-refractivity contribution is 7.66. The van der Waals surface area contributed by atoms with Crippen LogP contribution in [0.4, 0.5) is 5.69 Å². The Kier molecular flexibility index (Phi) is 13.9. The average molecular weight is 666 g/mol. The van der Waals surface area contributed by atoms with Crippen LogP contribution in [0.2, 0.25) is 0 Å². The maximum Gasteiger partial charge on any atom is 0.490 e. The highest BCUT2D eigenvalue weighted by Gasteiger charge is 2.42. The number of hydrazine groups is 1. The summed E-state index contributed by atoms with van der Waals surface area (Å²) in [6.07, 6.45) is -1.19. The van der Waals surface area contributed by atoms with Gasteiger partial charge in [0.15, 0.2) is 0 Å². The molecule has 1 aromatic rings. The summed E-state index contributed by atoms with van der Waals surface area (Å²) in [5, 5.41) is 12.8. The van der Waals surface area contributed by atoms with Crippen LogP contribution < -0.4 is 21.7 Å². The van der Waals surface area contributed by atoms with Gasteiger partial charge in [-0.2, -0.15) is 8.62 Å². The van der Waals surface area contributed by atoms with Crippen LogP contribution in [0.1, 0.15) is 38.8 Å². The first-order valence-corrected chi connectivity index (χ1v) is 16.7. The van der Waals surface area contributed by atoms with Crippen molar-refractivity contribution in [3.63, 3.8) is 0 Å². The number of anilines is 1. The molecule has 0 radical (unpaired) electrons. The van der Waals surface area contributed by atoms with E-state index < -0.39 is 54.1 Å². The molecular formula is C19H33N4O16P3. The first-order chi connectivity index (χ1) is 19.5. The zero-order valence-corrected chi connectivity index (χ0v) is 24.8. The van der Waals surface area contributed by atoms with E-state index in [2.05, 4.69) is 29.3 Å². The standard InChI is InChI=1S/C19H33N4O16P3/c1-13(24)20-6-9-35-8-3-2-4-17(26)22-21-14-5-7-23(18(27)10-14)19-11-15(25)16(37-19)12-36-41(31,32)39-42(33,34)38-40(28,29)30/h5,7,10,15-16,19,21,25H,2-4,6,8-9,11-12H2,1H3,(H,20,24)(H,22,26)(H,31,32)(H,33,34)(H2,28,29,30)/t15-,16+,19+/m0/s1. The van der Waals surface area contributed by atoms with Crippen LogP contribution in [0.5, 0.6) is 0 Å². The minimum atomic E-state index is -5.71. The van der Waals surface area contributed by atoms with E-state index in [0.29, 0.717) is 32.6 Å². The second-order valence-corrected chi connectivity index (χ2v) is 13.1. The molecule has 5 atom stereocenters. The SMILES string of the molecule is CC(=O)NCCOCCCCC(=O)NNc1ccn([C@H]2C[C@H](O)[C@@H](COP(=O)(O)OP(=O)(O)OP(=O)(O)O)O2)c(=O)c1. The first-order valence-electron chi connectivity index (χ1n) is 12.2. The molecule has 240 valence electrons. The Labute approximate surface area is 238 Å². The van der Waals surface area contributed by atoms with Crippen molar-refractivity contribution in [1.82, 2.24) is 15.3 Å². The van der Waals surface area contributed by atoms with E-state index in [-0.39, 0.29) is 30.3 Å². The number of phosphoric ester groups is 1. The third-order valence-corrected chi connectivity index (χ3v) is 8.99. The average Bonchev–Trinajstić information content (AvgIpc) is 3.20. The number of hydrogen-bond acceptors (Lipinski definition) is 13. The number of carbonyl (C=O) groups excluding carboxylic acids is 2. The molecule has 2 unspecified atom stereocenters. The van der Waals surface area contributed by atoms with Crippen LogP contribution in [-0.2, 0) is 45.9 Å². The van der Waals surface area contributed by atoms with Gasteiger partial charge in [-0.05, 0) is 18.9 Å². The summed E-state index contributed by atoms with van der Waals surface area (Å²) in [6, 6.07) is 2.57. The molecule has 0 aromatic carbocycles. The molecule has 2 rings (SSSR count). The smallest absolute Gasteiger partial charge is 0.390 e. The Balaban J connectivity index is 1.78. The van der Waals surface area contributed by atoms with Gasteiger partial charge in [0.25, 0.3) is 5.56 Å². The van der Waals surface area contributed by atoms with E-state index in [9.17, 15) is 43.0 Å². The van der Waals surface area contributed by atoms with Crippen molar-refractivity contribution in [2.75, 3.05) is 31.8 Å². The number of rotatable bonds is 18. The van der Waals surface area contributed by atoms with Gasteiger partial charge in [0.1, 0.15) is 12.3 Å². The Hall–Kier alpha value is -2.02. The minimum Gasteiger partial charge on any atom is -0.390 e. The lowest BCUT2D eigenvalue weighted by Gasteiger charge is -2.19. The van der Waals surface area contributed by atoms with Crippen LogP contribution in [0.15, 0.2) is 23.1 Å². The molecule has 0 saturated carbocycles. The molecule has 0 bridgehead atoms. The number of hydrogen-bond donors (Lipinski definition) is 8. The summed E-state index contributed by atoms with van der Waals surface area (Å²) < 4.78 is 57.5. The molecule has 2 amide bonds. The Morgan fingerprint density at radius 1 is 1.10 bits per heavy atom. The van der Waals surface area contributed by atoms with Gasteiger partial charge in [-0.15, -0.1) is 0 Å². The molecule has 1 aromatic heterocycles. The van der Waals surface area contributed by atoms with Crippen molar-refractivity contribution in [2.45, 2.75) is 51.0 Å².